The van der Waals surface area contributed by atoms with E-state index < -0.39 is 0 Å². The quantitative estimate of drug-likeness (QED) is 0.445. The zero-order valence-electron chi connectivity index (χ0n) is 17.7. The molecule has 1 amide bonds. The molecule has 31 heavy (non-hydrogen) atoms. The predicted molar refractivity (Wildman–Crippen MR) is 126 cm³/mol. The van der Waals surface area contributed by atoms with Crippen molar-refractivity contribution in [3.05, 3.63) is 54.6 Å². The number of aromatic nitrogens is 2. The number of thioether (sulfide) groups is 1. The van der Waals surface area contributed by atoms with Gasteiger partial charge < -0.3 is 15.0 Å². The number of anilines is 2. The maximum absolute atomic E-state index is 12.7. The number of likely N-dealkylation sites (tertiary alicyclic amines) is 1. The molecule has 3 aromatic rings. The molecule has 2 atom stereocenters. The Morgan fingerprint density at radius 1 is 1.06 bits per heavy atom. The normalized spacial score (nSPS) is 18.6. The average Bonchev–Trinajstić information content (AvgIpc) is 3.22. The number of nitrogens with one attached hydrogen (secondary N) is 1. The fourth-order valence-corrected chi connectivity index (χ4v) is 5.43. The van der Waals surface area contributed by atoms with E-state index in [0.29, 0.717) is 23.0 Å². The van der Waals surface area contributed by atoms with Crippen LogP contribution in [0.3, 0.4) is 0 Å². The number of piperidine rings is 1. The van der Waals surface area contributed by atoms with Gasteiger partial charge in [0.1, 0.15) is 11.5 Å². The highest BCUT2D eigenvalue weighted by Gasteiger charge is 2.28. The number of carbonyl (C=O) groups excluding carboxylic acids is 1. The van der Waals surface area contributed by atoms with E-state index in [1.165, 1.54) is 29.5 Å². The minimum absolute atomic E-state index is 0.184. The van der Waals surface area contributed by atoms with Crippen LogP contribution < -0.4 is 10.1 Å². The first kappa shape index (κ1) is 21.6. The molecular formula is C23H26N4O2S2. The Morgan fingerprint density at radius 2 is 1.74 bits per heavy atom. The molecule has 1 aliphatic heterocycles. The molecule has 0 radical (unpaired) electrons. The van der Waals surface area contributed by atoms with E-state index in [-0.39, 0.29) is 5.91 Å². The molecule has 1 fully saturated rings. The number of nitrogens with zero attached hydrogens (tertiary/aromatic N) is 3. The highest BCUT2D eigenvalue weighted by Crippen LogP contribution is 2.30. The molecule has 4 rings (SSSR count). The van der Waals surface area contributed by atoms with Gasteiger partial charge >= 0.3 is 0 Å². The van der Waals surface area contributed by atoms with Crippen molar-refractivity contribution in [1.29, 1.82) is 0 Å². The summed E-state index contributed by atoms with van der Waals surface area (Å²) in [5, 5.41) is 12.4. The maximum atomic E-state index is 12.7. The van der Waals surface area contributed by atoms with E-state index in [9.17, 15) is 4.79 Å². The Kier molecular flexibility index (Phi) is 7.09. The molecule has 0 spiro atoms. The third-order valence-electron chi connectivity index (χ3n) is 5.29. The largest absolute Gasteiger partial charge is 0.457 e. The Labute approximate surface area is 191 Å². The van der Waals surface area contributed by atoms with Crippen molar-refractivity contribution in [2.75, 3.05) is 11.1 Å². The molecule has 1 aromatic heterocycles. The third-order valence-corrected chi connectivity index (χ3v) is 7.25. The van der Waals surface area contributed by atoms with E-state index in [0.717, 1.165) is 34.4 Å². The van der Waals surface area contributed by atoms with Gasteiger partial charge in [-0.15, -0.1) is 10.2 Å². The van der Waals surface area contributed by atoms with Crippen LogP contribution in [-0.4, -0.2) is 38.8 Å². The third kappa shape index (κ3) is 5.77. The molecule has 8 heteroatoms. The second kappa shape index (κ2) is 10.2. The van der Waals surface area contributed by atoms with Crippen LogP contribution in [0.15, 0.2) is 58.9 Å². The number of amides is 1. The van der Waals surface area contributed by atoms with E-state index in [1.807, 2.05) is 59.5 Å². The topological polar surface area (TPSA) is 67.4 Å². The van der Waals surface area contributed by atoms with Crippen molar-refractivity contribution >= 4 is 39.8 Å². The van der Waals surface area contributed by atoms with Crippen molar-refractivity contribution in [3.8, 4) is 11.5 Å². The molecule has 0 saturated carbocycles. The number of rotatable bonds is 7. The van der Waals surface area contributed by atoms with Gasteiger partial charge in [0.05, 0.1) is 5.75 Å². The molecular weight excluding hydrogens is 428 g/mol. The molecule has 0 aliphatic carbocycles. The molecule has 2 heterocycles. The number of para-hydroxylation sites is 1. The van der Waals surface area contributed by atoms with Crippen LogP contribution in [0.4, 0.5) is 10.8 Å². The van der Waals surface area contributed by atoms with Crippen LogP contribution in [0.25, 0.3) is 0 Å². The van der Waals surface area contributed by atoms with Crippen LogP contribution >= 0.6 is 23.1 Å². The lowest BCUT2D eigenvalue weighted by molar-refractivity contribution is -0.134. The number of benzene rings is 2. The summed E-state index contributed by atoms with van der Waals surface area (Å²) in [5.74, 6) is 2.15. The van der Waals surface area contributed by atoms with Crippen LogP contribution in [0.2, 0.25) is 0 Å². The van der Waals surface area contributed by atoms with Gasteiger partial charge in [-0.05, 0) is 69.5 Å². The number of ether oxygens (including phenoxy) is 1. The Bertz CT molecular complexity index is 984. The lowest BCUT2D eigenvalue weighted by Gasteiger charge is -2.39. The molecule has 1 N–H and O–H groups in total. The van der Waals surface area contributed by atoms with Gasteiger partial charge in [0.25, 0.3) is 0 Å². The van der Waals surface area contributed by atoms with Gasteiger partial charge in [0.2, 0.25) is 11.0 Å². The lowest BCUT2D eigenvalue weighted by Crippen LogP contribution is -2.48. The van der Waals surface area contributed by atoms with Crippen LogP contribution in [-0.2, 0) is 4.79 Å². The van der Waals surface area contributed by atoms with Crippen molar-refractivity contribution in [1.82, 2.24) is 15.1 Å². The summed E-state index contributed by atoms with van der Waals surface area (Å²) in [7, 11) is 0. The molecule has 162 valence electrons. The summed E-state index contributed by atoms with van der Waals surface area (Å²) in [6.07, 6.45) is 3.37. The Hall–Kier alpha value is -2.58. The second-order valence-electron chi connectivity index (χ2n) is 7.66. The van der Waals surface area contributed by atoms with Crippen LogP contribution in [0.1, 0.15) is 33.1 Å². The maximum Gasteiger partial charge on any atom is 0.233 e. The smallest absolute Gasteiger partial charge is 0.233 e. The first-order valence-corrected chi connectivity index (χ1v) is 12.3. The molecule has 1 saturated heterocycles. The highest BCUT2D eigenvalue weighted by atomic mass is 32.2. The van der Waals surface area contributed by atoms with Crippen molar-refractivity contribution in [2.45, 2.75) is 49.5 Å². The van der Waals surface area contributed by atoms with Crippen molar-refractivity contribution in [2.24, 2.45) is 0 Å². The number of hydrogen-bond acceptors (Lipinski definition) is 7. The first-order chi connectivity index (χ1) is 15.1. The monoisotopic (exact) mass is 454 g/mol. The minimum atomic E-state index is 0.184. The van der Waals surface area contributed by atoms with Gasteiger partial charge in [-0.2, -0.15) is 0 Å². The van der Waals surface area contributed by atoms with Gasteiger partial charge in [0, 0.05) is 17.8 Å². The summed E-state index contributed by atoms with van der Waals surface area (Å²) in [4.78, 5) is 14.7. The van der Waals surface area contributed by atoms with E-state index in [1.54, 1.807) is 0 Å². The Morgan fingerprint density at radius 3 is 2.45 bits per heavy atom. The summed E-state index contributed by atoms with van der Waals surface area (Å²) in [6.45, 7) is 4.28. The fourth-order valence-electron chi connectivity index (χ4n) is 3.78. The van der Waals surface area contributed by atoms with Crippen LogP contribution in [0.5, 0.6) is 11.5 Å². The number of hydrogen-bond donors (Lipinski definition) is 1. The fraction of sp³-hybridized carbons (Fsp3) is 0.348. The summed E-state index contributed by atoms with van der Waals surface area (Å²) < 4.78 is 6.60. The minimum Gasteiger partial charge on any atom is -0.457 e. The zero-order valence-corrected chi connectivity index (χ0v) is 19.3. The van der Waals surface area contributed by atoms with E-state index in [2.05, 4.69) is 29.4 Å². The van der Waals surface area contributed by atoms with E-state index >= 15 is 0 Å². The predicted octanol–water partition coefficient (Wildman–Crippen LogP) is 5.96. The molecule has 0 unspecified atom stereocenters. The van der Waals surface area contributed by atoms with Gasteiger partial charge in [0.15, 0.2) is 4.34 Å². The second-order valence-corrected chi connectivity index (χ2v) is 9.86. The molecule has 0 bridgehead atoms. The highest BCUT2D eigenvalue weighted by molar-refractivity contribution is 8.01. The van der Waals surface area contributed by atoms with Crippen molar-refractivity contribution in [3.63, 3.8) is 0 Å². The SMILES string of the molecule is C[C@@H]1CCC[C@H](C)N1C(=O)CSc1nnc(Nc2ccc(Oc3ccccc3)cc2)s1. The summed E-state index contributed by atoms with van der Waals surface area (Å²) in [5.41, 5.74) is 0.903. The van der Waals surface area contributed by atoms with Gasteiger partial charge in [-0.25, -0.2) is 0 Å². The standard InChI is InChI=1S/C23H26N4O2S2/c1-16-7-6-8-17(2)27(16)21(28)15-30-23-26-25-22(31-23)24-18-11-13-20(14-12-18)29-19-9-4-3-5-10-19/h3-5,9-14,16-17H,6-8,15H2,1-2H3,(H,24,25)/t16-,17+. The number of carbonyl (C=O) groups is 1. The van der Waals surface area contributed by atoms with Crippen LogP contribution in [0, 0.1) is 0 Å². The summed E-state index contributed by atoms with van der Waals surface area (Å²) in [6, 6.07) is 18.0. The first-order valence-electron chi connectivity index (χ1n) is 10.5. The average molecular weight is 455 g/mol. The van der Waals surface area contributed by atoms with Gasteiger partial charge in [-0.1, -0.05) is 41.3 Å². The Balaban J connectivity index is 1.29. The molecule has 2 aromatic carbocycles. The molecule has 6 nitrogen and oxygen atoms in total. The zero-order chi connectivity index (χ0) is 21.6. The summed E-state index contributed by atoms with van der Waals surface area (Å²) >= 11 is 2.91. The molecule has 1 aliphatic rings. The van der Waals surface area contributed by atoms with E-state index in [4.69, 9.17) is 4.74 Å². The lowest BCUT2D eigenvalue weighted by atomic mass is 9.98. The van der Waals surface area contributed by atoms with Gasteiger partial charge in [-0.3, -0.25) is 4.79 Å². The van der Waals surface area contributed by atoms with Crippen molar-refractivity contribution < 1.29 is 9.53 Å².